The smallest absolute Gasteiger partial charge is 0.259 e. The van der Waals surface area contributed by atoms with E-state index in [0.29, 0.717) is 46.0 Å². The molecule has 3 aromatic rings. The van der Waals surface area contributed by atoms with E-state index in [0.717, 1.165) is 0 Å². The van der Waals surface area contributed by atoms with Crippen LogP contribution in [0, 0.1) is 11.3 Å². The number of hydrogen-bond donors (Lipinski definition) is 3. The van der Waals surface area contributed by atoms with Crippen LogP contribution in [0.1, 0.15) is 46.5 Å². The molecule has 2 aliphatic carbocycles. The summed E-state index contributed by atoms with van der Waals surface area (Å²) in [6.07, 6.45) is 5.02. The number of ether oxygens (including phenoxy) is 3. The van der Waals surface area contributed by atoms with Gasteiger partial charge in [0.2, 0.25) is 33.6 Å². The van der Waals surface area contributed by atoms with Gasteiger partial charge in [-0.2, -0.15) is 0 Å². The van der Waals surface area contributed by atoms with Gasteiger partial charge in [0.25, 0.3) is 5.91 Å². The molecule has 6 rings (SSSR count). The van der Waals surface area contributed by atoms with Crippen molar-refractivity contribution in [2.75, 3.05) is 26.1 Å². The fraction of sp³-hybridized carbons (Fsp3) is 0.472. The van der Waals surface area contributed by atoms with Crippen molar-refractivity contribution in [3.63, 3.8) is 0 Å². The number of anilines is 1. The highest BCUT2D eigenvalue weighted by Crippen LogP contribution is 2.46. The maximum absolute atomic E-state index is 14.6. The second kappa shape index (κ2) is 14.1. The van der Waals surface area contributed by atoms with Crippen LogP contribution in [0.25, 0.3) is 10.8 Å². The summed E-state index contributed by atoms with van der Waals surface area (Å²) in [4.78, 5) is 52.6. The van der Waals surface area contributed by atoms with E-state index in [1.807, 2.05) is 20.8 Å². The molecule has 1 aromatic carbocycles. The molecule has 278 valence electrons. The number of aromatic nitrogens is 2. The molecule has 1 aliphatic heterocycles. The lowest BCUT2D eigenvalue weighted by Crippen LogP contribution is -2.58. The first-order valence-corrected chi connectivity index (χ1v) is 18.9. The van der Waals surface area contributed by atoms with Gasteiger partial charge in [0, 0.05) is 34.2 Å². The number of carbonyl (C=O) groups is 3. The van der Waals surface area contributed by atoms with E-state index in [2.05, 4.69) is 31.9 Å². The fourth-order valence-electron chi connectivity index (χ4n) is 6.54. The summed E-state index contributed by atoms with van der Waals surface area (Å²) in [6, 6.07) is 6.69. The summed E-state index contributed by atoms with van der Waals surface area (Å²) >= 11 is 6.34. The van der Waals surface area contributed by atoms with Gasteiger partial charge in [-0.05, 0) is 48.9 Å². The Balaban J connectivity index is 1.31. The lowest BCUT2D eigenvalue weighted by atomic mass is 9.85. The molecule has 2 saturated carbocycles. The summed E-state index contributed by atoms with van der Waals surface area (Å²) in [5, 5.41) is 7.22. The first-order valence-electron chi connectivity index (χ1n) is 17.0. The molecule has 0 bridgehead atoms. The number of hydrogen-bond acceptors (Lipinski definition) is 11. The highest BCUT2D eigenvalue weighted by molar-refractivity contribution is 7.91. The van der Waals surface area contributed by atoms with E-state index in [1.165, 1.54) is 31.4 Å². The lowest BCUT2D eigenvalue weighted by molar-refractivity contribution is -0.141. The number of fused-ring (bicyclic) bond motifs is 1. The number of pyridine rings is 2. The third-order valence-electron chi connectivity index (χ3n) is 9.74. The molecule has 0 spiro atoms. The second-order valence-corrected chi connectivity index (χ2v) is 16.9. The molecule has 3 amide bonds. The van der Waals surface area contributed by atoms with Gasteiger partial charge in [-0.25, -0.2) is 18.4 Å². The molecule has 3 fully saturated rings. The van der Waals surface area contributed by atoms with Crippen molar-refractivity contribution in [3.8, 4) is 17.5 Å². The number of likely N-dealkylation sites (tertiary alicyclic amines) is 1. The first-order chi connectivity index (χ1) is 24.6. The highest BCUT2D eigenvalue weighted by atomic mass is 35.5. The predicted octanol–water partition coefficient (Wildman–Crippen LogP) is 3.84. The Morgan fingerprint density at radius 1 is 1.08 bits per heavy atom. The molecule has 0 radical (unpaired) electrons. The van der Waals surface area contributed by atoms with Gasteiger partial charge < -0.3 is 29.7 Å². The molecule has 2 aromatic heterocycles. The van der Waals surface area contributed by atoms with Crippen molar-refractivity contribution in [3.05, 3.63) is 60.4 Å². The van der Waals surface area contributed by atoms with Crippen molar-refractivity contribution < 1.29 is 37.0 Å². The molecular formula is C36H43ClN6O8S. The van der Waals surface area contributed by atoms with Crippen molar-refractivity contribution >= 4 is 55.8 Å². The first kappa shape index (κ1) is 37.1. The van der Waals surface area contributed by atoms with Crippen LogP contribution in [0.4, 0.5) is 5.69 Å². The number of halogens is 1. The van der Waals surface area contributed by atoms with E-state index in [9.17, 15) is 22.8 Å². The summed E-state index contributed by atoms with van der Waals surface area (Å²) < 4.78 is 44.7. The Hall–Kier alpha value is -4.63. The Bertz CT molecular complexity index is 2000. The summed E-state index contributed by atoms with van der Waals surface area (Å²) in [6.45, 7) is 9.48. The monoisotopic (exact) mass is 754 g/mol. The Morgan fingerprint density at radius 3 is 2.42 bits per heavy atom. The highest BCUT2D eigenvalue weighted by Gasteiger charge is 2.62. The molecule has 14 nitrogen and oxygen atoms in total. The van der Waals surface area contributed by atoms with Gasteiger partial charge in [-0.1, -0.05) is 38.4 Å². The van der Waals surface area contributed by atoms with Gasteiger partial charge >= 0.3 is 0 Å². The number of sulfonamides is 1. The van der Waals surface area contributed by atoms with Gasteiger partial charge in [-0.15, -0.1) is 6.58 Å². The number of nitrogens with zero attached hydrogens (tertiary/aromatic N) is 3. The maximum atomic E-state index is 14.6. The van der Waals surface area contributed by atoms with Gasteiger partial charge in [0.15, 0.2) is 0 Å². The molecule has 5 atom stereocenters. The zero-order valence-corrected chi connectivity index (χ0v) is 31.2. The van der Waals surface area contributed by atoms with E-state index < -0.39 is 68.1 Å². The molecule has 1 unspecified atom stereocenters. The molecule has 52 heavy (non-hydrogen) atoms. The minimum absolute atomic E-state index is 0.00194. The summed E-state index contributed by atoms with van der Waals surface area (Å²) in [5.74, 6) is -1.19. The number of amides is 3. The topological polar surface area (TPSA) is 178 Å². The van der Waals surface area contributed by atoms with Crippen LogP contribution in [0.15, 0.2) is 55.4 Å². The van der Waals surface area contributed by atoms with Crippen LogP contribution in [-0.4, -0.2) is 90.7 Å². The van der Waals surface area contributed by atoms with Crippen molar-refractivity contribution in [2.24, 2.45) is 11.3 Å². The van der Waals surface area contributed by atoms with E-state index in [4.69, 9.17) is 25.8 Å². The van der Waals surface area contributed by atoms with E-state index >= 15 is 0 Å². The zero-order valence-electron chi connectivity index (χ0n) is 29.6. The largest absolute Gasteiger partial charge is 0.494 e. The Labute approximate surface area is 307 Å². The van der Waals surface area contributed by atoms with Crippen molar-refractivity contribution in [1.82, 2.24) is 24.9 Å². The van der Waals surface area contributed by atoms with Gasteiger partial charge in [0.05, 0.1) is 44.1 Å². The maximum Gasteiger partial charge on any atom is 0.259 e. The Kier molecular flexibility index (Phi) is 10.0. The number of nitrogens with one attached hydrogen (secondary N) is 3. The lowest BCUT2D eigenvalue weighted by Gasteiger charge is -2.36. The van der Waals surface area contributed by atoms with Crippen LogP contribution < -0.4 is 29.6 Å². The van der Waals surface area contributed by atoms with E-state index in [1.54, 1.807) is 36.5 Å². The van der Waals surface area contributed by atoms with Crippen molar-refractivity contribution in [1.29, 1.82) is 0 Å². The zero-order chi connectivity index (χ0) is 37.6. The molecule has 16 heteroatoms. The predicted molar refractivity (Wildman–Crippen MR) is 195 cm³/mol. The SMILES string of the molecule is C=C[C@@H]1C[C@]1(NC(=O)[C@@H]1C[C@@H](Oc2ncc(OC)c3ccc(Cl)cc23)CN1C(=O)C(Nc1ccc(OC)nc1)C(C)(C)C)C(=O)NS(=O)(=O)C1CC1. The number of benzene rings is 1. The van der Waals surface area contributed by atoms with Gasteiger partial charge in [0.1, 0.15) is 29.5 Å². The number of rotatable bonds is 13. The van der Waals surface area contributed by atoms with Crippen LogP contribution in [0.5, 0.6) is 17.5 Å². The van der Waals surface area contributed by atoms with Crippen molar-refractivity contribution in [2.45, 2.75) is 75.4 Å². The average molecular weight is 755 g/mol. The normalized spacial score (nSPS) is 23.3. The van der Waals surface area contributed by atoms with Gasteiger partial charge in [-0.3, -0.25) is 19.1 Å². The molecule has 3 heterocycles. The quantitative estimate of drug-likeness (QED) is 0.216. The summed E-state index contributed by atoms with van der Waals surface area (Å²) in [7, 11) is -0.852. The number of methoxy groups -OCH3 is 2. The Morgan fingerprint density at radius 2 is 1.83 bits per heavy atom. The third kappa shape index (κ3) is 7.47. The molecule has 1 saturated heterocycles. The van der Waals surface area contributed by atoms with E-state index in [-0.39, 0.29) is 25.3 Å². The second-order valence-electron chi connectivity index (χ2n) is 14.5. The minimum Gasteiger partial charge on any atom is -0.494 e. The molecule has 3 aliphatic rings. The number of carbonyl (C=O) groups excluding carboxylic acids is 3. The van der Waals surface area contributed by atoms with Crippen LogP contribution >= 0.6 is 11.6 Å². The van der Waals surface area contributed by atoms with Crippen LogP contribution in [-0.2, 0) is 24.4 Å². The third-order valence-corrected chi connectivity index (χ3v) is 11.8. The summed E-state index contributed by atoms with van der Waals surface area (Å²) in [5.41, 5.74) is -1.62. The van der Waals surface area contributed by atoms with Crippen LogP contribution in [0.3, 0.4) is 0 Å². The molecule has 3 N–H and O–H groups in total. The standard InChI is InChI=1S/C36H43ClN6O8S/c1-7-20-16-36(20,34(46)42-52(47,48)24-10-11-24)41-31(44)27-15-23(51-32-26-14-21(37)8-12-25(26)28(49-5)18-39-32)19-43(27)33(45)30(35(2,3)4)40-22-9-13-29(50-6)38-17-22/h7-9,12-14,17-18,20,23-24,27,30,40H,1,10-11,15-16,19H2,2-6H3,(H,41,44)(H,42,46)/t20-,23-,27+,30?,36-/m1/s1. The minimum atomic E-state index is -3.89. The average Bonchev–Trinajstić information content (AvgIpc) is 4.03. The van der Waals surface area contributed by atoms with Crippen LogP contribution in [0.2, 0.25) is 5.02 Å². The fourth-order valence-corrected chi connectivity index (χ4v) is 8.08. The molecular weight excluding hydrogens is 712 g/mol.